The Balaban J connectivity index is 0.00000380. The van der Waals surface area contributed by atoms with Crippen LogP contribution < -0.4 is 9.04 Å². The van der Waals surface area contributed by atoms with E-state index in [1.165, 1.54) is 30.3 Å². The number of anilines is 1. The van der Waals surface area contributed by atoms with Gasteiger partial charge in [-0.15, -0.1) is 12.4 Å². The summed E-state index contributed by atoms with van der Waals surface area (Å²) in [5, 5.41) is 0.333. The lowest BCUT2D eigenvalue weighted by Crippen LogP contribution is -2.35. The first kappa shape index (κ1) is 28.4. The molecular formula is C26H25Cl2F2N3O3S. The molecule has 0 bridgehead atoms. The third-order valence-corrected chi connectivity index (χ3v) is 7.76. The van der Waals surface area contributed by atoms with E-state index in [2.05, 4.69) is 4.98 Å². The smallest absolute Gasteiger partial charge is 0.265 e. The summed E-state index contributed by atoms with van der Waals surface area (Å²) in [7, 11) is -4.41. The van der Waals surface area contributed by atoms with Crippen LogP contribution in [0, 0.1) is 11.6 Å². The molecule has 37 heavy (non-hydrogen) atoms. The molecule has 0 aliphatic carbocycles. The molecule has 3 aromatic carbocycles. The van der Waals surface area contributed by atoms with Gasteiger partial charge in [0, 0.05) is 29.5 Å². The van der Waals surface area contributed by atoms with Gasteiger partial charge in [-0.2, -0.15) is 0 Å². The number of rotatable bonds is 10. The van der Waals surface area contributed by atoms with Crippen molar-refractivity contribution in [2.24, 2.45) is 0 Å². The molecule has 0 saturated heterocycles. The van der Waals surface area contributed by atoms with Crippen molar-refractivity contribution in [1.82, 2.24) is 9.55 Å². The summed E-state index contributed by atoms with van der Waals surface area (Å²) in [5.41, 5.74) is -0.213. The molecule has 6 nitrogen and oxygen atoms in total. The second-order valence-corrected chi connectivity index (χ2v) is 10.3. The van der Waals surface area contributed by atoms with Gasteiger partial charge in [-0.1, -0.05) is 35.9 Å². The SMILES string of the molecule is C[C@H](c1ccccc1OCCCn1ccnc1)N(c1c(F)cccc1F)S(=O)(=O)c1ccc(Cl)cc1.Cl. The second kappa shape index (κ2) is 12.4. The van der Waals surface area contributed by atoms with Crippen LogP contribution in [0.3, 0.4) is 0 Å². The number of imidazole rings is 1. The number of sulfonamides is 1. The van der Waals surface area contributed by atoms with E-state index in [4.69, 9.17) is 16.3 Å². The molecule has 0 saturated carbocycles. The minimum Gasteiger partial charge on any atom is -0.493 e. The predicted molar refractivity (Wildman–Crippen MR) is 142 cm³/mol. The molecule has 196 valence electrons. The monoisotopic (exact) mass is 567 g/mol. The molecule has 1 aromatic heterocycles. The van der Waals surface area contributed by atoms with Gasteiger partial charge in [0.1, 0.15) is 11.4 Å². The molecule has 0 aliphatic rings. The molecule has 0 fully saturated rings. The van der Waals surface area contributed by atoms with E-state index >= 15 is 0 Å². The molecule has 1 atom stereocenters. The molecule has 1 heterocycles. The largest absolute Gasteiger partial charge is 0.493 e. The lowest BCUT2D eigenvalue weighted by molar-refractivity contribution is 0.297. The van der Waals surface area contributed by atoms with Crippen molar-refractivity contribution >= 4 is 39.7 Å². The Morgan fingerprint density at radius 1 is 1.03 bits per heavy atom. The Morgan fingerprint density at radius 3 is 2.35 bits per heavy atom. The highest BCUT2D eigenvalue weighted by molar-refractivity contribution is 7.92. The molecule has 0 unspecified atom stereocenters. The minimum absolute atomic E-state index is 0. The van der Waals surface area contributed by atoms with E-state index in [-0.39, 0.29) is 17.3 Å². The quantitative estimate of drug-likeness (QED) is 0.201. The van der Waals surface area contributed by atoms with E-state index in [9.17, 15) is 17.2 Å². The first-order valence-corrected chi connectivity index (χ1v) is 13.0. The summed E-state index contributed by atoms with van der Waals surface area (Å²) in [6, 6.07) is 14.5. The second-order valence-electron chi connectivity index (χ2n) is 8.04. The normalized spacial score (nSPS) is 12.0. The van der Waals surface area contributed by atoms with Crippen molar-refractivity contribution in [2.45, 2.75) is 30.8 Å². The molecule has 11 heteroatoms. The number of aryl methyl sites for hydroxylation is 1. The summed E-state index contributed by atoms with van der Waals surface area (Å²) in [6.07, 6.45) is 5.92. The van der Waals surface area contributed by atoms with Crippen LogP contribution in [0.4, 0.5) is 14.5 Å². The number of para-hydroxylation sites is 2. The molecule has 0 amide bonds. The standard InChI is InChI=1S/C26H24ClF2N3O3S.ClH/c1-19(22-6-2-3-9-25(22)35-17-5-15-31-16-14-30-18-31)32(26-23(28)7-4-8-24(26)29)36(33,34)21-12-10-20(27)11-13-21;/h2-4,6-14,16,18-19H,5,15,17H2,1H3;1H/t19-;/m1./s1. The molecule has 4 aromatic rings. The molecular weight excluding hydrogens is 543 g/mol. The average Bonchev–Trinajstić information content (AvgIpc) is 3.38. The Labute approximate surface area is 225 Å². The van der Waals surface area contributed by atoms with Crippen LogP contribution in [0.15, 0.2) is 90.3 Å². The van der Waals surface area contributed by atoms with Crippen LogP contribution in [0.5, 0.6) is 5.75 Å². The van der Waals surface area contributed by atoms with E-state index in [1.807, 2.05) is 10.8 Å². The van der Waals surface area contributed by atoms with Gasteiger partial charge in [-0.05, 0) is 55.8 Å². The van der Waals surface area contributed by atoms with Crippen molar-refractivity contribution < 1.29 is 21.9 Å². The van der Waals surface area contributed by atoms with Crippen LogP contribution in [-0.4, -0.2) is 24.6 Å². The number of nitrogens with zero attached hydrogens (tertiary/aromatic N) is 3. The first-order valence-electron chi connectivity index (χ1n) is 11.2. The van der Waals surface area contributed by atoms with Gasteiger partial charge in [0.15, 0.2) is 11.6 Å². The third kappa shape index (κ3) is 6.41. The number of hydrogen-bond acceptors (Lipinski definition) is 4. The number of hydrogen-bond donors (Lipinski definition) is 0. The lowest BCUT2D eigenvalue weighted by atomic mass is 10.1. The van der Waals surface area contributed by atoms with Gasteiger partial charge in [0.25, 0.3) is 10.0 Å². The van der Waals surface area contributed by atoms with Crippen LogP contribution in [0.25, 0.3) is 0 Å². The maximum atomic E-state index is 15.0. The highest BCUT2D eigenvalue weighted by Crippen LogP contribution is 2.39. The maximum absolute atomic E-state index is 15.0. The van der Waals surface area contributed by atoms with Crippen molar-refractivity contribution in [3.63, 3.8) is 0 Å². The van der Waals surface area contributed by atoms with Crippen LogP contribution >= 0.6 is 24.0 Å². The predicted octanol–water partition coefficient (Wildman–Crippen LogP) is 6.66. The van der Waals surface area contributed by atoms with E-state index in [0.717, 1.165) is 16.4 Å². The van der Waals surface area contributed by atoms with Crippen LogP contribution in [0.1, 0.15) is 24.9 Å². The van der Waals surface area contributed by atoms with Gasteiger partial charge in [0.2, 0.25) is 0 Å². The third-order valence-electron chi connectivity index (χ3n) is 5.63. The Morgan fingerprint density at radius 2 is 1.70 bits per heavy atom. The molecule has 0 N–H and O–H groups in total. The number of aromatic nitrogens is 2. The summed E-state index contributed by atoms with van der Waals surface area (Å²) in [6.45, 7) is 2.60. The average molecular weight is 568 g/mol. The number of halogens is 4. The fraction of sp³-hybridized carbons (Fsp3) is 0.192. The summed E-state index contributed by atoms with van der Waals surface area (Å²) in [5.74, 6) is -1.58. The highest BCUT2D eigenvalue weighted by Gasteiger charge is 2.35. The van der Waals surface area contributed by atoms with Gasteiger partial charge >= 0.3 is 0 Å². The van der Waals surface area contributed by atoms with E-state index in [1.54, 1.807) is 43.7 Å². The van der Waals surface area contributed by atoms with Crippen molar-refractivity contribution in [1.29, 1.82) is 0 Å². The first-order chi connectivity index (χ1) is 17.3. The van der Waals surface area contributed by atoms with Gasteiger partial charge in [-0.25, -0.2) is 22.2 Å². The van der Waals surface area contributed by atoms with E-state index in [0.29, 0.717) is 35.9 Å². The maximum Gasteiger partial charge on any atom is 0.265 e. The van der Waals surface area contributed by atoms with Crippen LogP contribution in [0.2, 0.25) is 5.02 Å². The van der Waals surface area contributed by atoms with Crippen molar-refractivity contribution in [3.8, 4) is 5.75 Å². The molecule has 0 aliphatic heterocycles. The Bertz CT molecular complexity index is 1400. The van der Waals surface area contributed by atoms with Crippen LogP contribution in [-0.2, 0) is 16.6 Å². The fourth-order valence-electron chi connectivity index (χ4n) is 3.87. The van der Waals surface area contributed by atoms with Gasteiger partial charge in [0.05, 0.1) is 23.9 Å². The van der Waals surface area contributed by atoms with E-state index < -0.39 is 33.4 Å². The highest BCUT2D eigenvalue weighted by atomic mass is 35.5. The van der Waals surface area contributed by atoms with Crippen molar-refractivity contribution in [2.75, 3.05) is 10.9 Å². The fourth-order valence-corrected chi connectivity index (χ4v) is 5.65. The number of ether oxygens (including phenoxy) is 1. The molecule has 0 spiro atoms. The van der Waals surface area contributed by atoms with Gasteiger partial charge < -0.3 is 9.30 Å². The topological polar surface area (TPSA) is 64.4 Å². The van der Waals surface area contributed by atoms with Crippen molar-refractivity contribution in [3.05, 3.63) is 108 Å². The molecule has 0 radical (unpaired) electrons. The zero-order valence-electron chi connectivity index (χ0n) is 19.8. The lowest BCUT2D eigenvalue weighted by Gasteiger charge is -2.32. The Hall–Kier alpha value is -3.14. The van der Waals surface area contributed by atoms with Gasteiger partial charge in [-0.3, -0.25) is 4.31 Å². The zero-order chi connectivity index (χ0) is 25.7. The zero-order valence-corrected chi connectivity index (χ0v) is 22.2. The Kier molecular flexibility index (Phi) is 9.53. The summed E-state index contributed by atoms with van der Waals surface area (Å²) in [4.78, 5) is 3.85. The molecule has 4 rings (SSSR count). The summed E-state index contributed by atoms with van der Waals surface area (Å²) < 4.78 is 66.1. The minimum atomic E-state index is -4.41. The number of benzene rings is 3. The summed E-state index contributed by atoms with van der Waals surface area (Å²) >= 11 is 5.93.